The molecule has 0 aliphatic carbocycles. The van der Waals surface area contributed by atoms with Gasteiger partial charge in [-0.05, 0) is 30.7 Å². The van der Waals surface area contributed by atoms with Gasteiger partial charge in [-0.15, -0.1) is 0 Å². The molecule has 156 valence electrons. The monoisotopic (exact) mass is 418 g/mol. The molecule has 1 amide bonds. The van der Waals surface area contributed by atoms with Crippen LogP contribution in [0.3, 0.4) is 0 Å². The SMILES string of the molecule is CCN(CC)S(=O)(=O)c1cccc(C(=O)OCC(=O)N[C@@H](C)c2ccccc2)c1. The average molecular weight is 419 g/mol. The molecule has 0 unspecified atom stereocenters. The lowest BCUT2D eigenvalue weighted by molar-refractivity contribution is -0.124. The maximum atomic E-state index is 12.6. The van der Waals surface area contributed by atoms with Crippen molar-refractivity contribution < 1.29 is 22.7 Å². The Morgan fingerprint density at radius 3 is 2.31 bits per heavy atom. The van der Waals surface area contributed by atoms with Crippen molar-refractivity contribution >= 4 is 21.9 Å². The third-order valence-corrected chi connectivity index (χ3v) is 6.47. The highest BCUT2D eigenvalue weighted by atomic mass is 32.2. The fourth-order valence-electron chi connectivity index (χ4n) is 2.82. The average Bonchev–Trinajstić information content (AvgIpc) is 2.73. The summed E-state index contributed by atoms with van der Waals surface area (Å²) in [4.78, 5) is 24.4. The van der Waals surface area contributed by atoms with E-state index in [4.69, 9.17) is 4.74 Å². The van der Waals surface area contributed by atoms with E-state index < -0.39 is 28.5 Å². The van der Waals surface area contributed by atoms with Crippen LogP contribution in [0, 0.1) is 0 Å². The van der Waals surface area contributed by atoms with Gasteiger partial charge in [0.25, 0.3) is 5.91 Å². The molecule has 2 aromatic carbocycles. The van der Waals surface area contributed by atoms with Gasteiger partial charge >= 0.3 is 5.97 Å². The molecule has 0 bridgehead atoms. The summed E-state index contributed by atoms with van der Waals surface area (Å²) < 4.78 is 31.6. The van der Waals surface area contributed by atoms with E-state index >= 15 is 0 Å². The molecular weight excluding hydrogens is 392 g/mol. The number of rotatable bonds is 9. The highest BCUT2D eigenvalue weighted by Crippen LogP contribution is 2.17. The molecule has 29 heavy (non-hydrogen) atoms. The highest BCUT2D eigenvalue weighted by molar-refractivity contribution is 7.89. The first-order valence-electron chi connectivity index (χ1n) is 9.41. The lowest BCUT2D eigenvalue weighted by Crippen LogP contribution is -2.31. The number of benzene rings is 2. The van der Waals surface area contributed by atoms with Crippen LogP contribution in [0.1, 0.15) is 42.7 Å². The molecule has 0 saturated carbocycles. The zero-order valence-electron chi connectivity index (χ0n) is 16.8. The first kappa shape index (κ1) is 22.6. The molecular formula is C21H26N2O5S. The Morgan fingerprint density at radius 2 is 1.69 bits per heavy atom. The Labute approximate surface area is 171 Å². The fourth-order valence-corrected chi connectivity index (χ4v) is 4.32. The Hall–Kier alpha value is -2.71. The summed E-state index contributed by atoms with van der Waals surface area (Å²) in [6.07, 6.45) is 0. The fraction of sp³-hybridized carbons (Fsp3) is 0.333. The van der Waals surface area contributed by atoms with Crippen molar-refractivity contribution in [2.24, 2.45) is 0 Å². The van der Waals surface area contributed by atoms with Gasteiger partial charge in [0.2, 0.25) is 10.0 Å². The van der Waals surface area contributed by atoms with Crippen molar-refractivity contribution in [1.29, 1.82) is 0 Å². The third kappa shape index (κ3) is 5.88. The van der Waals surface area contributed by atoms with Crippen molar-refractivity contribution in [2.45, 2.75) is 31.7 Å². The molecule has 0 fully saturated rings. The number of esters is 1. The summed E-state index contributed by atoms with van der Waals surface area (Å²) in [7, 11) is -3.69. The molecule has 1 atom stereocenters. The van der Waals surface area contributed by atoms with Crippen LogP contribution in [-0.2, 0) is 19.6 Å². The van der Waals surface area contributed by atoms with Gasteiger partial charge < -0.3 is 10.1 Å². The van der Waals surface area contributed by atoms with Crippen LogP contribution in [0.2, 0.25) is 0 Å². The van der Waals surface area contributed by atoms with E-state index in [0.717, 1.165) is 5.56 Å². The molecule has 0 spiro atoms. The molecule has 8 heteroatoms. The van der Waals surface area contributed by atoms with Crippen LogP contribution in [0.4, 0.5) is 0 Å². The number of nitrogens with zero attached hydrogens (tertiary/aromatic N) is 1. The van der Waals surface area contributed by atoms with Gasteiger partial charge in [-0.25, -0.2) is 13.2 Å². The minimum absolute atomic E-state index is 0.0119. The normalized spacial score (nSPS) is 12.4. The molecule has 1 N–H and O–H groups in total. The van der Waals surface area contributed by atoms with Crippen LogP contribution in [0.15, 0.2) is 59.5 Å². The Bertz CT molecular complexity index is 941. The quantitative estimate of drug-likeness (QED) is 0.632. The van der Waals surface area contributed by atoms with Gasteiger partial charge in [-0.1, -0.05) is 50.2 Å². The summed E-state index contributed by atoms with van der Waals surface area (Å²) in [5, 5.41) is 2.75. The third-order valence-electron chi connectivity index (χ3n) is 4.42. The van der Waals surface area contributed by atoms with Gasteiger partial charge in [0, 0.05) is 13.1 Å². The minimum atomic E-state index is -3.69. The van der Waals surface area contributed by atoms with Crippen molar-refractivity contribution in [3.8, 4) is 0 Å². The Morgan fingerprint density at radius 1 is 1.03 bits per heavy atom. The van der Waals surface area contributed by atoms with Crippen LogP contribution in [0.25, 0.3) is 0 Å². The van der Waals surface area contributed by atoms with Crippen LogP contribution in [-0.4, -0.2) is 44.3 Å². The molecule has 0 heterocycles. The number of amides is 1. The standard InChI is InChI=1S/C21H26N2O5S/c1-4-23(5-2)29(26,27)19-13-9-12-18(14-19)21(25)28-15-20(24)22-16(3)17-10-7-6-8-11-17/h6-14,16H,4-5,15H2,1-3H3,(H,22,24)/t16-/m0/s1. The van der Waals surface area contributed by atoms with E-state index in [0.29, 0.717) is 13.1 Å². The van der Waals surface area contributed by atoms with Gasteiger partial charge in [-0.2, -0.15) is 4.31 Å². The smallest absolute Gasteiger partial charge is 0.338 e. The van der Waals surface area contributed by atoms with Gasteiger partial charge in [0.15, 0.2) is 6.61 Å². The summed E-state index contributed by atoms with van der Waals surface area (Å²) in [5.41, 5.74) is 1.00. The van der Waals surface area contributed by atoms with Crippen LogP contribution >= 0.6 is 0 Å². The molecule has 2 rings (SSSR count). The van der Waals surface area contributed by atoms with E-state index in [2.05, 4.69) is 5.32 Å². The number of hydrogen-bond acceptors (Lipinski definition) is 5. The van der Waals surface area contributed by atoms with Crippen molar-refractivity contribution in [1.82, 2.24) is 9.62 Å². The lowest BCUT2D eigenvalue weighted by atomic mass is 10.1. The molecule has 0 aliphatic heterocycles. The predicted molar refractivity (Wildman–Crippen MR) is 110 cm³/mol. The van der Waals surface area contributed by atoms with E-state index in [9.17, 15) is 18.0 Å². The second-order valence-corrected chi connectivity index (χ2v) is 8.33. The maximum absolute atomic E-state index is 12.6. The number of hydrogen-bond donors (Lipinski definition) is 1. The molecule has 0 radical (unpaired) electrons. The summed E-state index contributed by atoms with van der Waals surface area (Å²) >= 11 is 0. The molecule has 0 aromatic heterocycles. The number of ether oxygens (including phenoxy) is 1. The predicted octanol–water partition coefficient (Wildman–Crippen LogP) is 2.75. The molecule has 0 aliphatic rings. The van der Waals surface area contributed by atoms with Crippen LogP contribution < -0.4 is 5.32 Å². The summed E-state index contributed by atoms with van der Waals surface area (Å²) in [5.74, 6) is -1.20. The zero-order valence-corrected chi connectivity index (χ0v) is 17.6. The second-order valence-electron chi connectivity index (χ2n) is 6.39. The number of sulfonamides is 1. The number of nitrogens with one attached hydrogen (secondary N) is 1. The molecule has 2 aromatic rings. The second kappa shape index (κ2) is 10.2. The zero-order chi connectivity index (χ0) is 21.4. The van der Waals surface area contributed by atoms with Crippen molar-refractivity contribution in [3.63, 3.8) is 0 Å². The van der Waals surface area contributed by atoms with E-state index in [1.807, 2.05) is 37.3 Å². The van der Waals surface area contributed by atoms with Crippen molar-refractivity contribution in [2.75, 3.05) is 19.7 Å². The first-order valence-corrected chi connectivity index (χ1v) is 10.8. The number of carbonyl (C=O) groups excluding carboxylic acids is 2. The van der Waals surface area contributed by atoms with Gasteiger partial charge in [0.05, 0.1) is 16.5 Å². The van der Waals surface area contributed by atoms with Crippen LogP contribution in [0.5, 0.6) is 0 Å². The largest absolute Gasteiger partial charge is 0.452 e. The summed E-state index contributed by atoms with van der Waals surface area (Å²) in [6, 6.07) is 14.8. The van der Waals surface area contributed by atoms with Gasteiger partial charge in [-0.3, -0.25) is 4.79 Å². The van der Waals surface area contributed by atoms with Crippen molar-refractivity contribution in [3.05, 3.63) is 65.7 Å². The van der Waals surface area contributed by atoms with E-state index in [-0.39, 0.29) is 16.5 Å². The topological polar surface area (TPSA) is 92.8 Å². The Balaban J connectivity index is 2.00. The van der Waals surface area contributed by atoms with E-state index in [1.54, 1.807) is 13.8 Å². The first-order chi connectivity index (χ1) is 13.8. The lowest BCUT2D eigenvalue weighted by Gasteiger charge is -2.18. The summed E-state index contributed by atoms with van der Waals surface area (Å²) in [6.45, 7) is 5.52. The maximum Gasteiger partial charge on any atom is 0.338 e. The highest BCUT2D eigenvalue weighted by Gasteiger charge is 2.23. The molecule has 7 nitrogen and oxygen atoms in total. The minimum Gasteiger partial charge on any atom is -0.452 e. The Kier molecular flexibility index (Phi) is 7.92. The van der Waals surface area contributed by atoms with E-state index in [1.165, 1.54) is 28.6 Å². The molecule has 0 saturated heterocycles. The number of carbonyl (C=O) groups is 2. The van der Waals surface area contributed by atoms with Gasteiger partial charge in [0.1, 0.15) is 0 Å².